The zero-order valence-electron chi connectivity index (χ0n) is 11.7. The molecule has 0 aliphatic carbocycles. The lowest BCUT2D eigenvalue weighted by atomic mass is 10.2. The molecule has 0 saturated carbocycles. The third-order valence-corrected chi connectivity index (χ3v) is 3.86. The average molecular weight is 292 g/mol. The van der Waals surface area contributed by atoms with Crippen LogP contribution in [0.2, 0.25) is 0 Å². The number of alkyl halides is 1. The molecule has 106 valence electrons. The summed E-state index contributed by atoms with van der Waals surface area (Å²) < 4.78 is 5.79. The van der Waals surface area contributed by atoms with E-state index in [-0.39, 0.29) is 12.2 Å². The molecule has 1 fully saturated rings. The van der Waals surface area contributed by atoms with E-state index >= 15 is 0 Å². The van der Waals surface area contributed by atoms with E-state index in [9.17, 15) is 0 Å². The van der Waals surface area contributed by atoms with Crippen molar-refractivity contribution in [2.24, 2.45) is 0 Å². The number of rotatable bonds is 2. The van der Waals surface area contributed by atoms with Crippen LogP contribution in [0.4, 0.5) is 5.82 Å². The highest BCUT2D eigenvalue weighted by Gasteiger charge is 2.26. The number of halogens is 1. The third kappa shape index (κ3) is 2.58. The van der Waals surface area contributed by atoms with Gasteiger partial charge in [-0.25, -0.2) is 9.97 Å². The Kier molecular flexibility index (Phi) is 3.76. The van der Waals surface area contributed by atoms with Crippen molar-refractivity contribution in [1.82, 2.24) is 9.97 Å². The van der Waals surface area contributed by atoms with Gasteiger partial charge in [-0.2, -0.15) is 0 Å². The number of morpholine rings is 1. The summed E-state index contributed by atoms with van der Waals surface area (Å²) >= 11 is 5.95. The molecule has 2 atom stereocenters. The average Bonchev–Trinajstić information content (AvgIpc) is 2.45. The highest BCUT2D eigenvalue weighted by Crippen LogP contribution is 2.23. The largest absolute Gasteiger partial charge is 0.370 e. The minimum atomic E-state index is 0.0492. The first-order valence-corrected chi connectivity index (χ1v) is 7.40. The number of fused-ring (bicyclic) bond motifs is 1. The topological polar surface area (TPSA) is 38.2 Å². The van der Waals surface area contributed by atoms with Gasteiger partial charge in [0.25, 0.3) is 0 Å². The van der Waals surface area contributed by atoms with Gasteiger partial charge in [0, 0.05) is 13.1 Å². The zero-order valence-corrected chi connectivity index (χ0v) is 12.5. The van der Waals surface area contributed by atoms with Gasteiger partial charge in [0.05, 0.1) is 34.8 Å². The first-order chi connectivity index (χ1) is 9.67. The number of hydrogen-bond acceptors (Lipinski definition) is 4. The lowest BCUT2D eigenvalue weighted by molar-refractivity contribution is -0.00360. The smallest absolute Gasteiger partial charge is 0.150 e. The first kappa shape index (κ1) is 13.6. The normalized spacial score (nSPS) is 23.2. The summed E-state index contributed by atoms with van der Waals surface area (Å²) in [4.78, 5) is 11.6. The molecule has 0 amide bonds. The molecule has 1 aromatic heterocycles. The molecule has 2 unspecified atom stereocenters. The Balaban J connectivity index is 1.98. The fourth-order valence-corrected chi connectivity index (χ4v) is 2.85. The van der Waals surface area contributed by atoms with Gasteiger partial charge in [0.15, 0.2) is 5.82 Å². The van der Waals surface area contributed by atoms with Gasteiger partial charge < -0.3 is 9.64 Å². The van der Waals surface area contributed by atoms with Crippen molar-refractivity contribution in [1.29, 1.82) is 0 Å². The van der Waals surface area contributed by atoms with Gasteiger partial charge in [-0.05, 0) is 26.0 Å². The van der Waals surface area contributed by atoms with Gasteiger partial charge in [0.2, 0.25) is 0 Å². The molecule has 1 aliphatic rings. The lowest BCUT2D eigenvalue weighted by Crippen LogP contribution is -2.48. The second-order valence-corrected chi connectivity index (χ2v) is 5.56. The van der Waals surface area contributed by atoms with Gasteiger partial charge >= 0.3 is 0 Å². The molecule has 2 aromatic rings. The first-order valence-electron chi connectivity index (χ1n) is 6.87. The van der Waals surface area contributed by atoms with Gasteiger partial charge in [0.1, 0.15) is 0 Å². The van der Waals surface area contributed by atoms with E-state index in [1.165, 1.54) is 0 Å². The lowest BCUT2D eigenvalue weighted by Gasteiger charge is -2.37. The molecule has 0 N–H and O–H groups in total. The molecule has 1 aliphatic heterocycles. The molecule has 5 heteroatoms. The van der Waals surface area contributed by atoms with Crippen molar-refractivity contribution in [3.05, 3.63) is 30.0 Å². The second kappa shape index (κ2) is 5.54. The SMILES string of the molecule is Cc1nc2ccccc2nc1N1CC(C)OC(CCl)C1. The molecule has 20 heavy (non-hydrogen) atoms. The number of aryl methyl sites for hydroxylation is 1. The van der Waals surface area contributed by atoms with E-state index in [0.29, 0.717) is 5.88 Å². The van der Waals surface area contributed by atoms with Crippen molar-refractivity contribution < 1.29 is 4.74 Å². The maximum atomic E-state index is 5.95. The van der Waals surface area contributed by atoms with E-state index in [2.05, 4.69) is 16.8 Å². The van der Waals surface area contributed by atoms with Crippen molar-refractivity contribution in [2.45, 2.75) is 26.1 Å². The standard InChI is InChI=1S/C15H18ClN3O/c1-10-8-19(9-12(7-16)20-10)15-11(2)17-13-5-3-4-6-14(13)18-15/h3-6,10,12H,7-9H2,1-2H3. The van der Waals surface area contributed by atoms with Crippen LogP contribution >= 0.6 is 11.6 Å². The number of benzene rings is 1. The molecule has 1 saturated heterocycles. The van der Waals surface area contributed by atoms with Crippen molar-refractivity contribution in [3.63, 3.8) is 0 Å². The molecule has 4 nitrogen and oxygen atoms in total. The van der Waals surface area contributed by atoms with Gasteiger partial charge in [-0.3, -0.25) is 0 Å². The van der Waals surface area contributed by atoms with Crippen LogP contribution in [-0.2, 0) is 4.74 Å². The number of hydrogen-bond donors (Lipinski definition) is 0. The van der Waals surface area contributed by atoms with Crippen LogP contribution in [-0.4, -0.2) is 41.1 Å². The predicted octanol–water partition coefficient (Wildman–Crippen LogP) is 2.77. The van der Waals surface area contributed by atoms with E-state index < -0.39 is 0 Å². The minimum Gasteiger partial charge on any atom is -0.370 e. The molecule has 0 bridgehead atoms. The molecule has 0 spiro atoms. The second-order valence-electron chi connectivity index (χ2n) is 5.25. The van der Waals surface area contributed by atoms with Crippen LogP contribution < -0.4 is 4.90 Å². The molecule has 1 aromatic carbocycles. The van der Waals surface area contributed by atoms with Crippen molar-refractivity contribution in [3.8, 4) is 0 Å². The van der Waals surface area contributed by atoms with Crippen LogP contribution in [0, 0.1) is 6.92 Å². The number of nitrogens with zero attached hydrogens (tertiary/aromatic N) is 3. The maximum absolute atomic E-state index is 5.95. The summed E-state index contributed by atoms with van der Waals surface area (Å²) in [6.45, 7) is 5.66. The molecule has 2 heterocycles. The molecule has 3 rings (SSSR count). The number of para-hydroxylation sites is 2. The molecular formula is C15H18ClN3O. The summed E-state index contributed by atoms with van der Waals surface area (Å²) in [6.07, 6.45) is 0.202. The van der Waals surface area contributed by atoms with Crippen LogP contribution in [0.25, 0.3) is 11.0 Å². The third-order valence-electron chi connectivity index (χ3n) is 3.52. The molecule has 0 radical (unpaired) electrons. The summed E-state index contributed by atoms with van der Waals surface area (Å²) in [5.74, 6) is 1.44. The predicted molar refractivity (Wildman–Crippen MR) is 81.5 cm³/mol. The Hall–Kier alpha value is -1.39. The van der Waals surface area contributed by atoms with Crippen LogP contribution in [0.5, 0.6) is 0 Å². The minimum absolute atomic E-state index is 0.0492. The van der Waals surface area contributed by atoms with Crippen LogP contribution in [0.3, 0.4) is 0 Å². The highest BCUT2D eigenvalue weighted by atomic mass is 35.5. The fourth-order valence-electron chi connectivity index (χ4n) is 2.68. The zero-order chi connectivity index (χ0) is 14.1. The maximum Gasteiger partial charge on any atom is 0.150 e. The quantitative estimate of drug-likeness (QED) is 0.798. The Morgan fingerprint density at radius 2 is 1.95 bits per heavy atom. The summed E-state index contributed by atoms with van der Waals surface area (Å²) in [6, 6.07) is 7.95. The van der Waals surface area contributed by atoms with Crippen molar-refractivity contribution in [2.75, 3.05) is 23.9 Å². The Bertz CT molecular complexity index is 619. The van der Waals surface area contributed by atoms with E-state index in [0.717, 1.165) is 35.6 Å². The summed E-state index contributed by atoms with van der Waals surface area (Å²) in [7, 11) is 0. The fraction of sp³-hybridized carbons (Fsp3) is 0.467. The van der Waals surface area contributed by atoms with Gasteiger partial charge in [-0.15, -0.1) is 11.6 Å². The van der Waals surface area contributed by atoms with Crippen LogP contribution in [0.1, 0.15) is 12.6 Å². The monoisotopic (exact) mass is 291 g/mol. The van der Waals surface area contributed by atoms with Crippen molar-refractivity contribution >= 4 is 28.5 Å². The summed E-state index contributed by atoms with van der Waals surface area (Å²) in [5.41, 5.74) is 2.81. The molecular weight excluding hydrogens is 274 g/mol. The van der Waals surface area contributed by atoms with E-state index in [4.69, 9.17) is 21.3 Å². The Labute approximate surface area is 123 Å². The van der Waals surface area contributed by atoms with E-state index in [1.54, 1.807) is 0 Å². The number of ether oxygens (including phenoxy) is 1. The Morgan fingerprint density at radius 3 is 2.65 bits per heavy atom. The number of aromatic nitrogens is 2. The van der Waals surface area contributed by atoms with Crippen LogP contribution in [0.15, 0.2) is 24.3 Å². The van der Waals surface area contributed by atoms with Gasteiger partial charge in [-0.1, -0.05) is 12.1 Å². The number of anilines is 1. The Morgan fingerprint density at radius 1 is 1.25 bits per heavy atom. The highest BCUT2D eigenvalue weighted by molar-refractivity contribution is 6.18. The van der Waals surface area contributed by atoms with E-state index in [1.807, 2.05) is 31.2 Å². The summed E-state index contributed by atoms with van der Waals surface area (Å²) in [5, 5.41) is 0.